The lowest BCUT2D eigenvalue weighted by Crippen LogP contribution is -2.33. The average molecular weight is 412 g/mol. The SMILES string of the molecule is CC(=O)c1cccc(NC(=O)Cn2nc3c(N4CCSCC4)nccn3c2=O)c1. The molecule has 0 unspecified atom stereocenters. The lowest BCUT2D eigenvalue weighted by molar-refractivity contribution is -0.117. The monoisotopic (exact) mass is 412 g/mol. The Morgan fingerprint density at radius 1 is 1.24 bits per heavy atom. The molecule has 0 spiro atoms. The van der Waals surface area contributed by atoms with Gasteiger partial charge in [-0.2, -0.15) is 11.8 Å². The quantitative estimate of drug-likeness (QED) is 0.630. The number of ketones is 1. The number of nitrogens with one attached hydrogen (secondary N) is 1. The number of amides is 1. The number of fused-ring (bicyclic) bond motifs is 1. The largest absolute Gasteiger partial charge is 0.352 e. The molecule has 3 heterocycles. The molecule has 1 aliphatic rings. The Bertz CT molecular complexity index is 1130. The third-order valence-electron chi connectivity index (χ3n) is 4.64. The first-order chi connectivity index (χ1) is 14.0. The van der Waals surface area contributed by atoms with Crippen LogP contribution in [0.2, 0.25) is 0 Å². The fraction of sp³-hybridized carbons (Fsp3) is 0.316. The first kappa shape index (κ1) is 19.2. The van der Waals surface area contributed by atoms with Crippen LogP contribution < -0.4 is 15.9 Å². The van der Waals surface area contributed by atoms with E-state index in [-0.39, 0.29) is 12.3 Å². The van der Waals surface area contributed by atoms with Gasteiger partial charge in [0.2, 0.25) is 11.6 Å². The van der Waals surface area contributed by atoms with Crippen LogP contribution in [0.15, 0.2) is 41.5 Å². The Hall–Kier alpha value is -3.14. The van der Waals surface area contributed by atoms with Gasteiger partial charge >= 0.3 is 5.69 Å². The number of Topliss-reactive ketones (excluding diaryl/α,β-unsaturated/α-hetero) is 1. The molecule has 10 heteroatoms. The van der Waals surface area contributed by atoms with Crippen molar-refractivity contribution in [2.45, 2.75) is 13.5 Å². The van der Waals surface area contributed by atoms with Crippen molar-refractivity contribution in [3.05, 3.63) is 52.7 Å². The van der Waals surface area contributed by atoms with Gasteiger partial charge in [0.25, 0.3) is 0 Å². The predicted octanol–water partition coefficient (Wildman–Crippen LogP) is 1.29. The number of rotatable bonds is 5. The van der Waals surface area contributed by atoms with Crippen molar-refractivity contribution in [1.29, 1.82) is 0 Å². The molecule has 0 bridgehead atoms. The summed E-state index contributed by atoms with van der Waals surface area (Å²) in [6.45, 7) is 2.90. The van der Waals surface area contributed by atoms with E-state index in [0.29, 0.717) is 22.7 Å². The van der Waals surface area contributed by atoms with Crippen molar-refractivity contribution in [1.82, 2.24) is 19.2 Å². The van der Waals surface area contributed by atoms with Crippen LogP contribution in [0.5, 0.6) is 0 Å². The van der Waals surface area contributed by atoms with E-state index in [2.05, 4.69) is 20.3 Å². The highest BCUT2D eigenvalue weighted by Crippen LogP contribution is 2.20. The second-order valence-corrected chi connectivity index (χ2v) is 7.89. The fourth-order valence-electron chi connectivity index (χ4n) is 3.19. The molecule has 1 N–H and O–H groups in total. The topological polar surface area (TPSA) is 102 Å². The zero-order valence-corrected chi connectivity index (χ0v) is 16.7. The summed E-state index contributed by atoms with van der Waals surface area (Å²) in [6, 6.07) is 6.66. The minimum absolute atomic E-state index is 0.0891. The Morgan fingerprint density at radius 2 is 2.03 bits per heavy atom. The lowest BCUT2D eigenvalue weighted by Gasteiger charge is -2.27. The first-order valence-electron chi connectivity index (χ1n) is 9.20. The van der Waals surface area contributed by atoms with Crippen molar-refractivity contribution in [2.24, 2.45) is 0 Å². The van der Waals surface area contributed by atoms with Gasteiger partial charge in [-0.25, -0.2) is 18.9 Å². The van der Waals surface area contributed by atoms with Gasteiger partial charge in [-0.15, -0.1) is 5.10 Å². The molecule has 1 aromatic carbocycles. The van der Waals surface area contributed by atoms with E-state index in [0.717, 1.165) is 29.3 Å². The Kier molecular flexibility index (Phi) is 5.34. The van der Waals surface area contributed by atoms with Crippen molar-refractivity contribution in [3.63, 3.8) is 0 Å². The molecule has 150 valence electrons. The molecule has 29 heavy (non-hydrogen) atoms. The zero-order chi connectivity index (χ0) is 20.4. The van der Waals surface area contributed by atoms with Gasteiger partial charge in [0.1, 0.15) is 6.54 Å². The number of aromatic nitrogens is 4. The van der Waals surface area contributed by atoms with E-state index in [1.165, 1.54) is 11.3 Å². The summed E-state index contributed by atoms with van der Waals surface area (Å²) in [7, 11) is 0. The van der Waals surface area contributed by atoms with Crippen LogP contribution in [0, 0.1) is 0 Å². The zero-order valence-electron chi connectivity index (χ0n) is 15.9. The summed E-state index contributed by atoms with van der Waals surface area (Å²) in [6.07, 6.45) is 3.13. The van der Waals surface area contributed by atoms with Crippen LogP contribution in [0.4, 0.5) is 11.5 Å². The lowest BCUT2D eigenvalue weighted by atomic mass is 10.1. The molecule has 0 aliphatic carbocycles. The number of carbonyl (C=O) groups is 2. The Balaban J connectivity index is 1.57. The summed E-state index contributed by atoms with van der Waals surface area (Å²) < 4.78 is 2.54. The Labute approximate surface area is 170 Å². The third kappa shape index (κ3) is 4.02. The van der Waals surface area contributed by atoms with E-state index in [1.807, 2.05) is 11.8 Å². The maximum absolute atomic E-state index is 12.7. The van der Waals surface area contributed by atoms with Gasteiger partial charge < -0.3 is 10.2 Å². The van der Waals surface area contributed by atoms with Crippen LogP contribution in [0.1, 0.15) is 17.3 Å². The summed E-state index contributed by atoms with van der Waals surface area (Å²) in [4.78, 5) is 43.1. The minimum Gasteiger partial charge on any atom is -0.352 e. The highest BCUT2D eigenvalue weighted by atomic mass is 32.2. The van der Waals surface area contributed by atoms with Crippen LogP contribution in [0.25, 0.3) is 5.65 Å². The normalized spacial score (nSPS) is 14.2. The number of hydrogen-bond acceptors (Lipinski definition) is 7. The standard InChI is InChI=1S/C19H20N6O3S/c1-13(26)14-3-2-4-15(11-14)21-16(27)12-25-19(28)24-6-5-20-17(18(24)22-25)23-7-9-29-10-8-23/h2-6,11H,7-10,12H2,1H3,(H,21,27). The highest BCUT2D eigenvalue weighted by Gasteiger charge is 2.20. The van der Waals surface area contributed by atoms with Gasteiger partial charge in [-0.05, 0) is 19.1 Å². The fourth-order valence-corrected chi connectivity index (χ4v) is 4.09. The number of nitrogens with zero attached hydrogens (tertiary/aromatic N) is 5. The van der Waals surface area contributed by atoms with Gasteiger partial charge in [0.05, 0.1) is 0 Å². The van der Waals surface area contributed by atoms with Crippen LogP contribution in [-0.2, 0) is 11.3 Å². The third-order valence-corrected chi connectivity index (χ3v) is 5.58. The number of anilines is 2. The smallest absolute Gasteiger partial charge is 0.350 e. The number of benzene rings is 1. The van der Waals surface area contributed by atoms with Crippen molar-refractivity contribution >= 4 is 40.6 Å². The second-order valence-electron chi connectivity index (χ2n) is 6.67. The molecular formula is C19H20N6O3S. The second kappa shape index (κ2) is 8.08. The predicted molar refractivity (Wildman–Crippen MR) is 112 cm³/mol. The molecule has 9 nitrogen and oxygen atoms in total. The minimum atomic E-state index is -0.403. The first-order valence-corrected chi connectivity index (χ1v) is 10.4. The summed E-state index contributed by atoms with van der Waals surface area (Å²) >= 11 is 1.88. The molecule has 0 radical (unpaired) electrons. The maximum atomic E-state index is 12.7. The van der Waals surface area contributed by atoms with Crippen molar-refractivity contribution < 1.29 is 9.59 Å². The summed E-state index contributed by atoms with van der Waals surface area (Å²) in [5.41, 5.74) is 1.04. The van der Waals surface area contributed by atoms with E-state index in [9.17, 15) is 14.4 Å². The summed E-state index contributed by atoms with van der Waals surface area (Å²) in [5, 5.41) is 7.06. The van der Waals surface area contributed by atoms with E-state index >= 15 is 0 Å². The van der Waals surface area contributed by atoms with Crippen LogP contribution in [-0.4, -0.2) is 55.5 Å². The molecule has 3 aromatic rings. The molecule has 0 saturated carbocycles. The van der Waals surface area contributed by atoms with Crippen molar-refractivity contribution in [2.75, 3.05) is 34.8 Å². The van der Waals surface area contributed by atoms with E-state index < -0.39 is 11.6 Å². The van der Waals surface area contributed by atoms with E-state index in [4.69, 9.17) is 0 Å². The molecule has 1 saturated heterocycles. The molecule has 0 atom stereocenters. The number of carbonyl (C=O) groups excluding carboxylic acids is 2. The number of hydrogen-bond donors (Lipinski definition) is 1. The van der Waals surface area contributed by atoms with Gasteiger partial charge in [-0.3, -0.25) is 9.59 Å². The highest BCUT2D eigenvalue weighted by molar-refractivity contribution is 7.99. The van der Waals surface area contributed by atoms with Crippen molar-refractivity contribution in [3.8, 4) is 0 Å². The van der Waals surface area contributed by atoms with Gasteiger partial charge in [0, 0.05) is 48.2 Å². The van der Waals surface area contributed by atoms with Gasteiger partial charge in [-0.1, -0.05) is 12.1 Å². The molecule has 4 rings (SSSR count). The molecule has 1 aliphatic heterocycles. The van der Waals surface area contributed by atoms with E-state index in [1.54, 1.807) is 36.7 Å². The molecular weight excluding hydrogens is 392 g/mol. The number of thioether (sulfide) groups is 1. The van der Waals surface area contributed by atoms with Crippen LogP contribution >= 0.6 is 11.8 Å². The molecule has 2 aromatic heterocycles. The summed E-state index contributed by atoms with van der Waals surface area (Å²) in [5.74, 6) is 2.15. The molecule has 1 amide bonds. The van der Waals surface area contributed by atoms with Gasteiger partial charge in [0.15, 0.2) is 11.6 Å². The maximum Gasteiger partial charge on any atom is 0.350 e. The van der Waals surface area contributed by atoms with Crippen LogP contribution in [0.3, 0.4) is 0 Å². The Morgan fingerprint density at radius 3 is 2.79 bits per heavy atom. The molecule has 1 fully saturated rings. The average Bonchev–Trinajstić information content (AvgIpc) is 3.04.